The van der Waals surface area contributed by atoms with Gasteiger partial charge in [-0.05, 0) is 61.7 Å². The van der Waals surface area contributed by atoms with Crippen LogP contribution in [0.5, 0.6) is 5.75 Å². The van der Waals surface area contributed by atoms with Crippen molar-refractivity contribution in [3.05, 3.63) is 66.1 Å². The summed E-state index contributed by atoms with van der Waals surface area (Å²) in [4.78, 5) is 29.4. The fourth-order valence-corrected chi connectivity index (χ4v) is 5.20. The molecule has 1 fully saturated rings. The van der Waals surface area contributed by atoms with E-state index in [1.54, 1.807) is 18.3 Å². The Morgan fingerprint density at radius 2 is 1.91 bits per heavy atom. The lowest BCUT2D eigenvalue weighted by Crippen LogP contribution is -2.64. The van der Waals surface area contributed by atoms with Gasteiger partial charge in [-0.1, -0.05) is 31.4 Å². The van der Waals surface area contributed by atoms with Crippen molar-refractivity contribution in [2.45, 2.75) is 63.7 Å². The Kier molecular flexibility index (Phi) is 5.94. The second kappa shape index (κ2) is 9.05. The van der Waals surface area contributed by atoms with Crippen LogP contribution in [0.25, 0.3) is 11.5 Å². The van der Waals surface area contributed by atoms with Crippen molar-refractivity contribution in [1.29, 1.82) is 0 Å². The van der Waals surface area contributed by atoms with Gasteiger partial charge in [0.2, 0.25) is 5.91 Å². The van der Waals surface area contributed by atoms with E-state index < -0.39 is 5.54 Å². The Hall–Kier alpha value is -3.48. The average molecular weight is 462 g/mol. The minimum Gasteiger partial charge on any atom is -0.497 e. The van der Waals surface area contributed by atoms with Gasteiger partial charge >= 0.3 is 0 Å². The van der Waals surface area contributed by atoms with Crippen LogP contribution in [-0.2, 0) is 17.9 Å². The molecule has 0 radical (unpaired) electrons. The van der Waals surface area contributed by atoms with E-state index >= 15 is 0 Å². The molecule has 2 aromatic heterocycles. The number of hydrogen-bond acceptors (Lipinski definition) is 4. The zero-order valence-corrected chi connectivity index (χ0v) is 19.8. The highest BCUT2D eigenvalue weighted by atomic mass is 16.5. The molecule has 1 aromatic carbocycles. The first-order chi connectivity index (χ1) is 16.5. The molecule has 2 amide bonds. The summed E-state index contributed by atoms with van der Waals surface area (Å²) >= 11 is 0. The number of fused-ring (bicyclic) bond motifs is 1. The molecule has 34 heavy (non-hydrogen) atoms. The number of benzene rings is 1. The molecule has 178 valence electrons. The Bertz CT molecular complexity index is 1180. The summed E-state index contributed by atoms with van der Waals surface area (Å²) in [7, 11) is 1.62. The second-order valence-corrected chi connectivity index (χ2v) is 9.49. The Morgan fingerprint density at radius 1 is 1.12 bits per heavy atom. The largest absolute Gasteiger partial charge is 0.497 e. The lowest BCUT2D eigenvalue weighted by molar-refractivity contribution is -0.134. The number of carbonyl (C=O) groups is 2. The molecule has 3 aromatic rings. The fourth-order valence-electron chi connectivity index (χ4n) is 5.20. The summed E-state index contributed by atoms with van der Waals surface area (Å²) in [5.41, 5.74) is 1.20. The third-order valence-electron chi connectivity index (χ3n) is 7.18. The van der Waals surface area contributed by atoms with Crippen molar-refractivity contribution in [3.63, 3.8) is 0 Å². The van der Waals surface area contributed by atoms with Crippen LogP contribution in [0.1, 0.15) is 55.1 Å². The third kappa shape index (κ3) is 4.00. The number of aromatic nitrogens is 1. The van der Waals surface area contributed by atoms with Gasteiger partial charge < -0.3 is 23.9 Å². The molecule has 1 N–H and O–H groups in total. The second-order valence-electron chi connectivity index (χ2n) is 9.49. The van der Waals surface area contributed by atoms with E-state index in [4.69, 9.17) is 9.15 Å². The number of nitrogens with one attached hydrogen (secondary N) is 1. The summed E-state index contributed by atoms with van der Waals surface area (Å²) in [6.07, 6.45) is 7.04. The smallest absolute Gasteiger partial charge is 0.271 e. The van der Waals surface area contributed by atoms with Crippen LogP contribution in [0.15, 0.2) is 59.2 Å². The van der Waals surface area contributed by atoms with Gasteiger partial charge in [-0.3, -0.25) is 9.59 Å². The predicted molar refractivity (Wildman–Crippen MR) is 128 cm³/mol. The molecule has 7 nitrogen and oxygen atoms in total. The van der Waals surface area contributed by atoms with Crippen molar-refractivity contribution in [2.75, 3.05) is 7.11 Å². The molecule has 2 aliphatic rings. The Morgan fingerprint density at radius 3 is 2.65 bits per heavy atom. The van der Waals surface area contributed by atoms with Gasteiger partial charge in [-0.2, -0.15) is 0 Å². The average Bonchev–Trinajstić information content (AvgIpc) is 3.52. The van der Waals surface area contributed by atoms with Gasteiger partial charge in [0.15, 0.2) is 0 Å². The van der Waals surface area contributed by atoms with Gasteiger partial charge in [-0.25, -0.2) is 0 Å². The van der Waals surface area contributed by atoms with Crippen LogP contribution in [0, 0.1) is 0 Å². The molecule has 1 aliphatic heterocycles. The van der Waals surface area contributed by atoms with E-state index in [1.807, 2.05) is 60.0 Å². The molecule has 0 unspecified atom stereocenters. The molecular weight excluding hydrogens is 430 g/mol. The molecule has 0 saturated heterocycles. The fraction of sp³-hybridized carbons (Fsp3) is 0.407. The van der Waals surface area contributed by atoms with E-state index in [0.29, 0.717) is 24.5 Å². The summed E-state index contributed by atoms with van der Waals surface area (Å²) in [5.74, 6) is 1.11. The van der Waals surface area contributed by atoms with Crippen LogP contribution in [0.3, 0.4) is 0 Å². The lowest BCUT2D eigenvalue weighted by Gasteiger charge is -2.45. The van der Waals surface area contributed by atoms with Gasteiger partial charge in [-0.15, -0.1) is 0 Å². The van der Waals surface area contributed by atoms with E-state index in [2.05, 4.69) is 5.32 Å². The number of amides is 2. The topological polar surface area (TPSA) is 76.7 Å². The van der Waals surface area contributed by atoms with E-state index in [-0.39, 0.29) is 17.9 Å². The molecule has 0 spiro atoms. The predicted octanol–water partition coefficient (Wildman–Crippen LogP) is 4.62. The van der Waals surface area contributed by atoms with Crippen molar-refractivity contribution >= 4 is 11.8 Å². The van der Waals surface area contributed by atoms with Crippen molar-refractivity contribution in [1.82, 2.24) is 14.8 Å². The summed E-state index contributed by atoms with van der Waals surface area (Å²) in [6, 6.07) is 15.2. The van der Waals surface area contributed by atoms with Crippen molar-refractivity contribution in [3.8, 4) is 17.2 Å². The maximum atomic E-state index is 13.8. The Balaban J connectivity index is 1.52. The molecule has 7 heteroatoms. The zero-order chi connectivity index (χ0) is 23.7. The number of hydrogen-bond donors (Lipinski definition) is 1. The highest BCUT2D eigenvalue weighted by molar-refractivity contribution is 6.00. The number of methoxy groups -OCH3 is 1. The summed E-state index contributed by atoms with van der Waals surface area (Å²) < 4.78 is 12.9. The molecule has 5 rings (SSSR count). The molecule has 1 atom stereocenters. The van der Waals surface area contributed by atoms with Gasteiger partial charge in [0.25, 0.3) is 5.91 Å². The summed E-state index contributed by atoms with van der Waals surface area (Å²) in [6.45, 7) is 2.53. The SMILES string of the molecule is COc1cccc(CN2C(=O)c3ccc(-c4ccco4)n3C[C@]2(C)C(=O)NC2CCCCC2)c1. The minimum absolute atomic E-state index is 0.111. The van der Waals surface area contributed by atoms with Crippen molar-refractivity contribution < 1.29 is 18.7 Å². The molecule has 1 saturated carbocycles. The third-order valence-corrected chi connectivity index (χ3v) is 7.18. The minimum atomic E-state index is -1.06. The number of carbonyl (C=O) groups excluding carboxylic acids is 2. The molecule has 1 aliphatic carbocycles. The van der Waals surface area contributed by atoms with Crippen LogP contribution in [0.4, 0.5) is 0 Å². The first-order valence-corrected chi connectivity index (χ1v) is 12.0. The summed E-state index contributed by atoms with van der Waals surface area (Å²) in [5, 5.41) is 3.27. The number of nitrogens with zero attached hydrogens (tertiary/aromatic N) is 2. The molecule has 3 heterocycles. The Labute approximate surface area is 199 Å². The van der Waals surface area contributed by atoms with E-state index in [1.165, 1.54) is 6.42 Å². The molecular formula is C27H31N3O4. The normalized spacial score (nSPS) is 20.8. The van der Waals surface area contributed by atoms with Crippen LogP contribution in [0.2, 0.25) is 0 Å². The van der Waals surface area contributed by atoms with Crippen molar-refractivity contribution in [2.24, 2.45) is 0 Å². The van der Waals surface area contributed by atoms with Crippen LogP contribution >= 0.6 is 0 Å². The lowest BCUT2D eigenvalue weighted by atomic mass is 9.91. The standard InChI is InChI=1S/C27H31N3O4/c1-27(26(32)28-20-9-4-3-5-10-20)18-29-22(24-12-7-15-34-24)13-14-23(29)25(31)30(27)17-19-8-6-11-21(16-19)33-2/h6-8,11-16,20H,3-5,9-10,17-18H2,1-2H3,(H,28,32)/t27-/m1/s1. The maximum Gasteiger partial charge on any atom is 0.271 e. The van der Waals surface area contributed by atoms with Gasteiger partial charge in [0.1, 0.15) is 22.7 Å². The quantitative estimate of drug-likeness (QED) is 0.581. The maximum absolute atomic E-state index is 13.8. The number of ether oxygens (including phenoxy) is 1. The van der Waals surface area contributed by atoms with E-state index in [9.17, 15) is 9.59 Å². The number of rotatable bonds is 6. The monoisotopic (exact) mass is 461 g/mol. The zero-order valence-electron chi connectivity index (χ0n) is 19.8. The van der Waals surface area contributed by atoms with E-state index in [0.717, 1.165) is 42.7 Å². The highest BCUT2D eigenvalue weighted by Crippen LogP contribution is 2.35. The first-order valence-electron chi connectivity index (χ1n) is 12.0. The number of furan rings is 1. The van der Waals surface area contributed by atoms with Crippen LogP contribution < -0.4 is 10.1 Å². The van der Waals surface area contributed by atoms with Gasteiger partial charge in [0.05, 0.1) is 25.6 Å². The van der Waals surface area contributed by atoms with Gasteiger partial charge in [0, 0.05) is 12.6 Å². The molecule has 0 bridgehead atoms. The first kappa shape index (κ1) is 22.3. The highest BCUT2D eigenvalue weighted by Gasteiger charge is 2.48. The van der Waals surface area contributed by atoms with Crippen LogP contribution in [-0.4, -0.2) is 40.0 Å².